The van der Waals surface area contributed by atoms with Gasteiger partial charge >= 0.3 is 0 Å². The van der Waals surface area contributed by atoms with Crippen molar-refractivity contribution in [2.75, 3.05) is 32.8 Å². The molecule has 4 nitrogen and oxygen atoms in total. The van der Waals surface area contributed by atoms with E-state index in [9.17, 15) is 5.11 Å². The Hall–Kier alpha value is -0.160. The van der Waals surface area contributed by atoms with Crippen LogP contribution in [0.1, 0.15) is 51.9 Å². The predicted molar refractivity (Wildman–Crippen MR) is 79.7 cm³/mol. The summed E-state index contributed by atoms with van der Waals surface area (Å²) in [4.78, 5) is 2.40. The van der Waals surface area contributed by atoms with E-state index in [0.29, 0.717) is 12.7 Å². The standard InChI is InChI=1S/C16H31NO3/c1-14-3-7-16(19,8-4-14)13-17-9-5-15(6-10-17)20-12-2-11-18/h14-15,18-19H,2-13H2,1H3. The fourth-order valence-electron chi connectivity index (χ4n) is 3.42. The largest absolute Gasteiger partial charge is 0.396 e. The molecule has 4 heteroatoms. The highest BCUT2D eigenvalue weighted by molar-refractivity contribution is 4.88. The lowest BCUT2D eigenvalue weighted by molar-refractivity contribution is -0.0547. The van der Waals surface area contributed by atoms with E-state index in [-0.39, 0.29) is 6.61 Å². The van der Waals surface area contributed by atoms with E-state index in [0.717, 1.165) is 70.5 Å². The third-order valence-corrected chi connectivity index (χ3v) is 4.91. The summed E-state index contributed by atoms with van der Waals surface area (Å²) in [6.07, 6.45) is 7.43. The SMILES string of the molecule is CC1CCC(O)(CN2CCC(OCCCO)CC2)CC1. The van der Waals surface area contributed by atoms with E-state index in [1.54, 1.807) is 0 Å². The van der Waals surface area contributed by atoms with Crippen LogP contribution in [0, 0.1) is 5.92 Å². The first-order valence-electron chi connectivity index (χ1n) is 8.28. The molecule has 118 valence electrons. The van der Waals surface area contributed by atoms with Crippen molar-refractivity contribution in [1.29, 1.82) is 0 Å². The highest BCUT2D eigenvalue weighted by Crippen LogP contribution is 2.33. The Balaban J connectivity index is 1.66. The van der Waals surface area contributed by atoms with E-state index in [2.05, 4.69) is 11.8 Å². The molecule has 2 fully saturated rings. The van der Waals surface area contributed by atoms with Crippen LogP contribution in [-0.2, 0) is 4.74 Å². The highest BCUT2D eigenvalue weighted by Gasteiger charge is 2.34. The number of β-amino-alcohol motifs (C(OH)–C–C–N with tert-alkyl or cyclic N) is 1. The highest BCUT2D eigenvalue weighted by atomic mass is 16.5. The van der Waals surface area contributed by atoms with Gasteiger partial charge in [-0.25, -0.2) is 0 Å². The van der Waals surface area contributed by atoms with E-state index < -0.39 is 5.60 Å². The molecule has 2 rings (SSSR count). The third-order valence-electron chi connectivity index (χ3n) is 4.91. The van der Waals surface area contributed by atoms with Crippen LogP contribution < -0.4 is 0 Å². The van der Waals surface area contributed by atoms with Gasteiger partial charge in [0.15, 0.2) is 0 Å². The molecule has 1 saturated carbocycles. The fraction of sp³-hybridized carbons (Fsp3) is 1.00. The third kappa shape index (κ3) is 4.99. The Labute approximate surface area is 123 Å². The van der Waals surface area contributed by atoms with Gasteiger partial charge in [-0.05, 0) is 50.9 Å². The van der Waals surface area contributed by atoms with Gasteiger partial charge < -0.3 is 19.8 Å². The van der Waals surface area contributed by atoms with Gasteiger partial charge in [-0.3, -0.25) is 0 Å². The topological polar surface area (TPSA) is 52.9 Å². The Bertz CT molecular complexity index is 269. The van der Waals surface area contributed by atoms with Gasteiger partial charge in [-0.15, -0.1) is 0 Å². The van der Waals surface area contributed by atoms with Crippen LogP contribution in [0.15, 0.2) is 0 Å². The van der Waals surface area contributed by atoms with Crippen LogP contribution in [0.5, 0.6) is 0 Å². The van der Waals surface area contributed by atoms with Crippen LogP contribution in [0.3, 0.4) is 0 Å². The van der Waals surface area contributed by atoms with Gasteiger partial charge in [0.2, 0.25) is 0 Å². The van der Waals surface area contributed by atoms with E-state index in [4.69, 9.17) is 9.84 Å². The molecule has 0 unspecified atom stereocenters. The maximum Gasteiger partial charge on any atom is 0.0774 e. The van der Waals surface area contributed by atoms with Crippen molar-refractivity contribution in [3.05, 3.63) is 0 Å². The monoisotopic (exact) mass is 285 g/mol. The van der Waals surface area contributed by atoms with E-state index in [1.165, 1.54) is 0 Å². The van der Waals surface area contributed by atoms with Crippen LogP contribution in [-0.4, -0.2) is 59.7 Å². The Morgan fingerprint density at radius 3 is 2.40 bits per heavy atom. The van der Waals surface area contributed by atoms with Crippen molar-refractivity contribution in [2.45, 2.75) is 63.6 Å². The lowest BCUT2D eigenvalue weighted by atomic mass is 9.79. The molecule has 2 N–H and O–H groups in total. The maximum atomic E-state index is 10.7. The molecule has 0 amide bonds. The number of nitrogens with zero attached hydrogens (tertiary/aromatic N) is 1. The van der Waals surface area contributed by atoms with Crippen molar-refractivity contribution < 1.29 is 14.9 Å². The first-order chi connectivity index (χ1) is 9.61. The first-order valence-corrected chi connectivity index (χ1v) is 8.28. The summed E-state index contributed by atoms with van der Waals surface area (Å²) >= 11 is 0. The number of piperidine rings is 1. The lowest BCUT2D eigenvalue weighted by Gasteiger charge is -2.41. The van der Waals surface area contributed by atoms with Gasteiger partial charge in [0.1, 0.15) is 0 Å². The number of hydrogen-bond acceptors (Lipinski definition) is 4. The predicted octanol–water partition coefficient (Wildman–Crippen LogP) is 1.79. The molecule has 0 aromatic heterocycles. The second-order valence-corrected chi connectivity index (χ2v) is 6.83. The smallest absolute Gasteiger partial charge is 0.0774 e. The molecule has 0 spiro atoms. The fourth-order valence-corrected chi connectivity index (χ4v) is 3.42. The second-order valence-electron chi connectivity index (χ2n) is 6.83. The van der Waals surface area contributed by atoms with Crippen LogP contribution in [0.4, 0.5) is 0 Å². The van der Waals surface area contributed by atoms with Crippen molar-refractivity contribution in [1.82, 2.24) is 4.90 Å². The first kappa shape index (κ1) is 16.2. The number of hydrogen-bond donors (Lipinski definition) is 2. The molecule has 0 aromatic carbocycles. The molecule has 1 heterocycles. The Kier molecular flexibility index (Phi) is 6.27. The quantitative estimate of drug-likeness (QED) is 0.731. The minimum absolute atomic E-state index is 0.213. The average Bonchev–Trinajstić information content (AvgIpc) is 2.45. The Morgan fingerprint density at radius 1 is 1.15 bits per heavy atom. The van der Waals surface area contributed by atoms with Crippen molar-refractivity contribution in [3.63, 3.8) is 0 Å². The zero-order valence-electron chi connectivity index (χ0n) is 12.9. The van der Waals surface area contributed by atoms with Gasteiger partial charge in [0.05, 0.1) is 11.7 Å². The summed E-state index contributed by atoms with van der Waals surface area (Å²) in [6, 6.07) is 0. The number of aliphatic hydroxyl groups is 2. The molecule has 0 bridgehead atoms. The summed E-state index contributed by atoms with van der Waals surface area (Å²) in [6.45, 7) is 6.06. The van der Waals surface area contributed by atoms with E-state index >= 15 is 0 Å². The van der Waals surface area contributed by atoms with Gasteiger partial charge in [-0.2, -0.15) is 0 Å². The molecule has 0 radical (unpaired) electrons. The molecule has 0 atom stereocenters. The van der Waals surface area contributed by atoms with Gasteiger partial charge in [0, 0.05) is 32.8 Å². The molecular formula is C16H31NO3. The zero-order valence-corrected chi connectivity index (χ0v) is 12.9. The number of likely N-dealkylation sites (tertiary alicyclic amines) is 1. The molecule has 1 aliphatic heterocycles. The van der Waals surface area contributed by atoms with Crippen LogP contribution in [0.25, 0.3) is 0 Å². The number of ether oxygens (including phenoxy) is 1. The number of rotatable bonds is 6. The molecule has 1 aliphatic carbocycles. The Morgan fingerprint density at radius 2 is 1.80 bits per heavy atom. The van der Waals surface area contributed by atoms with Gasteiger partial charge in [-0.1, -0.05) is 6.92 Å². The average molecular weight is 285 g/mol. The summed E-state index contributed by atoms with van der Waals surface area (Å²) in [5, 5.41) is 19.4. The minimum atomic E-state index is -0.447. The molecule has 2 aliphatic rings. The minimum Gasteiger partial charge on any atom is -0.396 e. The van der Waals surface area contributed by atoms with Crippen LogP contribution in [0.2, 0.25) is 0 Å². The molecule has 20 heavy (non-hydrogen) atoms. The van der Waals surface area contributed by atoms with Crippen molar-refractivity contribution >= 4 is 0 Å². The van der Waals surface area contributed by atoms with E-state index in [1.807, 2.05) is 0 Å². The molecule has 0 aromatic rings. The normalized spacial score (nSPS) is 33.5. The summed E-state index contributed by atoms with van der Waals surface area (Å²) < 4.78 is 5.75. The lowest BCUT2D eigenvalue weighted by Crippen LogP contribution is -2.48. The van der Waals surface area contributed by atoms with Crippen LogP contribution >= 0.6 is 0 Å². The maximum absolute atomic E-state index is 10.7. The van der Waals surface area contributed by atoms with Gasteiger partial charge in [0.25, 0.3) is 0 Å². The van der Waals surface area contributed by atoms with Crippen molar-refractivity contribution in [3.8, 4) is 0 Å². The summed E-state index contributed by atoms with van der Waals surface area (Å²) in [5.74, 6) is 0.779. The summed E-state index contributed by atoms with van der Waals surface area (Å²) in [7, 11) is 0. The number of aliphatic hydroxyl groups excluding tert-OH is 1. The molecular weight excluding hydrogens is 254 g/mol. The van der Waals surface area contributed by atoms with Crippen molar-refractivity contribution in [2.24, 2.45) is 5.92 Å². The summed E-state index contributed by atoms with van der Waals surface area (Å²) in [5.41, 5.74) is -0.447. The second kappa shape index (κ2) is 7.74. The zero-order chi connectivity index (χ0) is 14.4. The molecule has 1 saturated heterocycles.